The molecule has 2 N–H and O–H groups in total. The first-order valence-corrected chi connectivity index (χ1v) is 12.0. The van der Waals surface area contributed by atoms with Gasteiger partial charge in [-0.1, -0.05) is 0 Å². The highest BCUT2D eigenvalue weighted by atomic mass is 32.2. The minimum atomic E-state index is -3.88. The molecular weight excluding hydrogens is 420 g/mol. The quantitative estimate of drug-likeness (QED) is 0.638. The van der Waals surface area contributed by atoms with E-state index in [1.54, 1.807) is 31.7 Å². The predicted molar refractivity (Wildman–Crippen MR) is 119 cm³/mol. The Bertz CT molecular complexity index is 896. The average Bonchev–Trinajstić information content (AvgIpc) is 2.90. The molecule has 9 nitrogen and oxygen atoms in total. The molecule has 0 bridgehead atoms. The van der Waals surface area contributed by atoms with E-state index in [1.807, 2.05) is 11.8 Å². The van der Waals surface area contributed by atoms with E-state index in [9.17, 15) is 18.0 Å². The number of hydrogen-bond acceptors (Lipinski definition) is 6. The van der Waals surface area contributed by atoms with Crippen molar-refractivity contribution in [2.24, 2.45) is 0 Å². The Morgan fingerprint density at radius 1 is 1.13 bits per heavy atom. The first-order chi connectivity index (χ1) is 14.5. The molecule has 1 aromatic carbocycles. The van der Waals surface area contributed by atoms with E-state index >= 15 is 0 Å². The fraction of sp³-hybridized carbons (Fsp3) is 0.619. The van der Waals surface area contributed by atoms with Crippen molar-refractivity contribution in [1.82, 2.24) is 19.8 Å². The number of sulfonamides is 1. The summed E-state index contributed by atoms with van der Waals surface area (Å²) in [4.78, 5) is 28.6. The number of carbonyl (C=O) groups excluding carboxylic acids is 2. The Morgan fingerprint density at radius 2 is 1.84 bits per heavy atom. The van der Waals surface area contributed by atoms with Crippen LogP contribution in [0.5, 0.6) is 5.75 Å². The van der Waals surface area contributed by atoms with Crippen LogP contribution in [0.2, 0.25) is 0 Å². The maximum absolute atomic E-state index is 13.1. The molecule has 0 aromatic heterocycles. The van der Waals surface area contributed by atoms with Crippen molar-refractivity contribution in [3.8, 4) is 5.75 Å². The van der Waals surface area contributed by atoms with Crippen molar-refractivity contribution in [1.29, 1.82) is 0 Å². The number of hydrogen-bond donors (Lipinski definition) is 2. The van der Waals surface area contributed by atoms with Crippen LogP contribution in [0.3, 0.4) is 0 Å². The van der Waals surface area contributed by atoms with Gasteiger partial charge < -0.3 is 15.0 Å². The summed E-state index contributed by atoms with van der Waals surface area (Å²) in [5.74, 6) is -0.0920. The molecule has 0 spiro atoms. The molecule has 31 heavy (non-hydrogen) atoms. The third-order valence-electron chi connectivity index (χ3n) is 4.76. The highest BCUT2D eigenvalue weighted by Crippen LogP contribution is 2.27. The Morgan fingerprint density at radius 3 is 2.45 bits per heavy atom. The number of amides is 2. The molecule has 1 saturated heterocycles. The summed E-state index contributed by atoms with van der Waals surface area (Å²) in [6.45, 7) is 10.3. The molecule has 0 saturated carbocycles. The van der Waals surface area contributed by atoms with Gasteiger partial charge in [0, 0.05) is 43.8 Å². The zero-order valence-corrected chi connectivity index (χ0v) is 19.8. The fourth-order valence-electron chi connectivity index (χ4n) is 3.45. The molecule has 1 fully saturated rings. The summed E-state index contributed by atoms with van der Waals surface area (Å²) < 4.78 is 33.6. The normalized spacial score (nSPS) is 16.0. The Balaban J connectivity index is 2.19. The summed E-state index contributed by atoms with van der Waals surface area (Å²) >= 11 is 0. The number of nitrogens with one attached hydrogen (secondary N) is 2. The van der Waals surface area contributed by atoms with Gasteiger partial charge in [-0.25, -0.2) is 13.1 Å². The minimum Gasteiger partial charge on any atom is -0.495 e. The number of carbonyl (C=O) groups is 2. The average molecular weight is 455 g/mol. The molecule has 2 amide bonds. The van der Waals surface area contributed by atoms with Gasteiger partial charge in [0.2, 0.25) is 15.9 Å². The van der Waals surface area contributed by atoms with Crippen molar-refractivity contribution in [2.45, 2.75) is 44.6 Å². The van der Waals surface area contributed by atoms with E-state index in [-0.39, 0.29) is 28.0 Å². The number of benzene rings is 1. The largest absolute Gasteiger partial charge is 0.495 e. The molecule has 10 heteroatoms. The summed E-state index contributed by atoms with van der Waals surface area (Å²) in [6, 6.07) is 4.45. The second-order valence-corrected chi connectivity index (χ2v) is 10.2. The third-order valence-corrected chi connectivity index (χ3v) is 6.54. The van der Waals surface area contributed by atoms with Crippen molar-refractivity contribution in [2.75, 3.05) is 46.4 Å². The van der Waals surface area contributed by atoms with Crippen LogP contribution in [0, 0.1) is 0 Å². The van der Waals surface area contributed by atoms with Crippen molar-refractivity contribution >= 4 is 21.8 Å². The third kappa shape index (κ3) is 7.19. The van der Waals surface area contributed by atoms with Crippen molar-refractivity contribution in [3.05, 3.63) is 23.8 Å². The summed E-state index contributed by atoms with van der Waals surface area (Å²) in [5, 5.41) is 2.78. The van der Waals surface area contributed by atoms with Crippen LogP contribution >= 0.6 is 0 Å². The van der Waals surface area contributed by atoms with Crippen molar-refractivity contribution < 1.29 is 22.7 Å². The lowest BCUT2D eigenvalue weighted by molar-refractivity contribution is -0.122. The maximum Gasteiger partial charge on any atom is 0.253 e. The SMILES string of the molecule is CCNC(=O)CN1CCCN(C(=O)c2ccc(OC)c(S(=O)(=O)NC(C)(C)C)c2)CC1. The number of nitrogens with zero attached hydrogens (tertiary/aromatic N) is 2. The summed E-state index contributed by atoms with van der Waals surface area (Å²) in [7, 11) is -2.49. The van der Waals surface area contributed by atoms with Gasteiger partial charge in [-0.3, -0.25) is 14.5 Å². The fourth-order valence-corrected chi connectivity index (χ4v) is 5.06. The highest BCUT2D eigenvalue weighted by Gasteiger charge is 2.28. The lowest BCUT2D eigenvalue weighted by atomic mass is 10.1. The molecule has 0 atom stereocenters. The molecule has 1 aliphatic rings. The standard InChI is InChI=1S/C21H34N4O5S/c1-6-22-19(26)15-24-10-7-11-25(13-12-24)20(27)16-8-9-17(30-5)18(14-16)31(28,29)23-21(2,3)4/h8-9,14,23H,6-7,10-13,15H2,1-5H3,(H,22,26). The second-order valence-electron chi connectivity index (χ2n) is 8.60. The van der Waals surface area contributed by atoms with E-state index in [0.29, 0.717) is 32.7 Å². The van der Waals surface area contributed by atoms with Crippen LogP contribution in [0.4, 0.5) is 0 Å². The van der Waals surface area contributed by atoms with Crippen LogP contribution in [0.1, 0.15) is 44.5 Å². The predicted octanol–water partition coefficient (Wildman–Crippen LogP) is 1.06. The number of ether oxygens (including phenoxy) is 1. The molecule has 1 heterocycles. The second kappa shape index (κ2) is 10.4. The zero-order chi connectivity index (χ0) is 23.2. The molecule has 1 aliphatic heterocycles. The van der Waals surface area contributed by atoms with Gasteiger partial charge in [0.05, 0.1) is 13.7 Å². The molecule has 0 unspecified atom stereocenters. The smallest absolute Gasteiger partial charge is 0.253 e. The van der Waals surface area contributed by atoms with E-state index in [4.69, 9.17) is 4.74 Å². The summed E-state index contributed by atoms with van der Waals surface area (Å²) in [5.41, 5.74) is -0.394. The molecule has 2 rings (SSSR count). The zero-order valence-electron chi connectivity index (χ0n) is 19.0. The van der Waals surface area contributed by atoms with Crippen LogP contribution in [-0.2, 0) is 14.8 Å². The van der Waals surface area contributed by atoms with Crippen molar-refractivity contribution in [3.63, 3.8) is 0 Å². The maximum atomic E-state index is 13.1. The minimum absolute atomic E-state index is 0.0290. The van der Waals surface area contributed by atoms with Crippen LogP contribution in [-0.4, -0.2) is 81.9 Å². The molecular formula is C21H34N4O5S. The lowest BCUT2D eigenvalue weighted by Crippen LogP contribution is -2.41. The lowest BCUT2D eigenvalue weighted by Gasteiger charge is -2.23. The Labute approximate surface area is 185 Å². The van der Waals surface area contributed by atoms with E-state index in [0.717, 1.165) is 13.0 Å². The van der Waals surface area contributed by atoms with Gasteiger partial charge in [-0.05, 0) is 52.3 Å². The first kappa shape index (κ1) is 25.1. The van der Waals surface area contributed by atoms with Gasteiger partial charge >= 0.3 is 0 Å². The van der Waals surface area contributed by atoms with Gasteiger partial charge in [0.15, 0.2) is 0 Å². The van der Waals surface area contributed by atoms with E-state index < -0.39 is 15.6 Å². The number of methoxy groups -OCH3 is 1. The topological polar surface area (TPSA) is 108 Å². The van der Waals surface area contributed by atoms with E-state index in [1.165, 1.54) is 19.2 Å². The number of likely N-dealkylation sites (N-methyl/N-ethyl adjacent to an activating group) is 1. The Hall–Kier alpha value is -2.17. The van der Waals surface area contributed by atoms with Crippen LogP contribution in [0.25, 0.3) is 0 Å². The molecule has 1 aromatic rings. The van der Waals surface area contributed by atoms with Gasteiger partial charge in [-0.15, -0.1) is 0 Å². The molecule has 174 valence electrons. The van der Waals surface area contributed by atoms with Crippen LogP contribution in [0.15, 0.2) is 23.1 Å². The number of rotatable bonds is 7. The molecule has 0 aliphatic carbocycles. The Kier molecular flexibility index (Phi) is 8.44. The first-order valence-electron chi connectivity index (χ1n) is 10.5. The molecule has 0 radical (unpaired) electrons. The highest BCUT2D eigenvalue weighted by molar-refractivity contribution is 7.89. The van der Waals surface area contributed by atoms with Gasteiger partial charge in [0.1, 0.15) is 10.6 Å². The summed E-state index contributed by atoms with van der Waals surface area (Å²) in [6.07, 6.45) is 0.734. The monoisotopic (exact) mass is 454 g/mol. The van der Waals surface area contributed by atoms with Crippen LogP contribution < -0.4 is 14.8 Å². The van der Waals surface area contributed by atoms with Gasteiger partial charge in [0.25, 0.3) is 5.91 Å². The van der Waals surface area contributed by atoms with Gasteiger partial charge in [-0.2, -0.15) is 0 Å². The van der Waals surface area contributed by atoms with E-state index in [2.05, 4.69) is 10.0 Å².